The summed E-state index contributed by atoms with van der Waals surface area (Å²) in [4.78, 5) is 0. The first-order valence-electron chi connectivity index (χ1n) is 9.46. The third-order valence-corrected chi connectivity index (χ3v) is 5.98. The van der Waals surface area contributed by atoms with Crippen LogP contribution in [0.5, 0.6) is 0 Å². The topological polar surface area (TPSA) is 26.0 Å². The Bertz CT molecular complexity index is 821. The summed E-state index contributed by atoms with van der Waals surface area (Å²) in [6.45, 7) is 20.4. The van der Waals surface area contributed by atoms with Crippen LogP contribution in [0.25, 0.3) is 11.1 Å². The number of para-hydroxylation sites is 1. The van der Waals surface area contributed by atoms with Crippen molar-refractivity contribution in [1.82, 2.24) is 0 Å². The van der Waals surface area contributed by atoms with E-state index in [1.54, 1.807) is 0 Å². The Hall–Kier alpha value is -0.808. The molecule has 2 N–H and O–H groups in total. The van der Waals surface area contributed by atoms with Crippen LogP contribution in [0.15, 0.2) is 24.3 Å². The van der Waals surface area contributed by atoms with Crippen LogP contribution in [0.2, 0.25) is 5.02 Å². The number of nitrogen functional groups attached to an aromatic ring is 1. The molecular weight excluding hydrogens is 444 g/mol. The van der Waals surface area contributed by atoms with Gasteiger partial charge in [0.1, 0.15) is 0 Å². The number of anilines is 1. The Morgan fingerprint density at radius 2 is 1.19 bits per heavy atom. The minimum absolute atomic E-state index is 0.0375. The van der Waals surface area contributed by atoms with E-state index in [9.17, 15) is 0 Å². The molecule has 0 fully saturated rings. The predicted molar refractivity (Wildman–Crippen MR) is 117 cm³/mol. The van der Waals surface area contributed by atoms with Gasteiger partial charge in [-0.1, -0.05) is 0 Å². The van der Waals surface area contributed by atoms with E-state index in [-0.39, 0.29) is 16.2 Å². The van der Waals surface area contributed by atoms with Crippen molar-refractivity contribution in [3.63, 3.8) is 0 Å². The van der Waals surface area contributed by atoms with E-state index in [0.717, 1.165) is 25.9 Å². The molecule has 2 aromatic rings. The zero-order valence-electron chi connectivity index (χ0n) is 18.1. The molecule has 2 aromatic carbocycles. The SMILES string of the molecule is CC(C)(C)c1c(Cl)c(-c2ccccc2N)[c]([Pd])c(C(C)(C)C)c1C(C)(C)C. The van der Waals surface area contributed by atoms with E-state index in [1.807, 2.05) is 18.2 Å². The summed E-state index contributed by atoms with van der Waals surface area (Å²) >= 11 is 10.8. The van der Waals surface area contributed by atoms with Crippen molar-refractivity contribution in [1.29, 1.82) is 0 Å². The molecule has 0 atom stereocenters. The Balaban J connectivity index is 3.19. The summed E-state index contributed by atoms with van der Waals surface area (Å²) in [5.41, 5.74) is 12.8. The van der Waals surface area contributed by atoms with E-state index < -0.39 is 0 Å². The number of hydrogen-bond acceptors (Lipinski definition) is 1. The molecule has 0 spiro atoms. The third-order valence-electron chi connectivity index (χ3n) is 4.83. The van der Waals surface area contributed by atoms with Crippen LogP contribution in [0.1, 0.15) is 79.0 Å². The quantitative estimate of drug-likeness (QED) is 0.361. The van der Waals surface area contributed by atoms with Gasteiger partial charge in [-0.25, -0.2) is 0 Å². The summed E-state index contributed by atoms with van der Waals surface area (Å²) in [5.74, 6) is 0. The molecule has 1 nitrogen and oxygen atoms in total. The molecule has 0 aliphatic rings. The molecule has 3 heteroatoms. The summed E-state index contributed by atoms with van der Waals surface area (Å²) in [7, 11) is 0. The second kappa shape index (κ2) is 7.22. The van der Waals surface area contributed by atoms with E-state index in [4.69, 9.17) is 17.3 Å². The monoisotopic (exact) mass is 476 g/mol. The molecule has 2 rings (SSSR count). The summed E-state index contributed by atoms with van der Waals surface area (Å²) < 4.78 is 1.09. The molecule has 0 aliphatic heterocycles. The Kier molecular flexibility index (Phi) is 6.01. The molecule has 0 saturated heterocycles. The van der Waals surface area contributed by atoms with Crippen molar-refractivity contribution in [2.75, 3.05) is 5.73 Å². The summed E-state index contributed by atoms with van der Waals surface area (Å²) in [6, 6.07) is 7.98. The van der Waals surface area contributed by atoms with Crippen LogP contribution in [-0.2, 0) is 35.4 Å². The average Bonchev–Trinajstić information content (AvgIpc) is 2.44. The molecule has 27 heavy (non-hydrogen) atoms. The fourth-order valence-electron chi connectivity index (χ4n) is 3.76. The van der Waals surface area contributed by atoms with E-state index >= 15 is 0 Å². The van der Waals surface area contributed by atoms with Crippen LogP contribution in [-0.4, -0.2) is 0 Å². The Morgan fingerprint density at radius 3 is 1.59 bits per heavy atom. The maximum absolute atomic E-state index is 7.16. The zero-order valence-corrected chi connectivity index (χ0v) is 20.4. The van der Waals surface area contributed by atoms with Crippen molar-refractivity contribution >= 4 is 21.3 Å². The van der Waals surface area contributed by atoms with Crippen LogP contribution in [0, 0.1) is 0 Å². The van der Waals surface area contributed by atoms with Gasteiger partial charge in [0.05, 0.1) is 0 Å². The number of benzene rings is 2. The summed E-state index contributed by atoms with van der Waals surface area (Å²) in [6.07, 6.45) is 0. The molecule has 0 aromatic heterocycles. The molecule has 0 aliphatic carbocycles. The molecule has 0 amide bonds. The van der Waals surface area contributed by atoms with E-state index in [0.29, 0.717) is 0 Å². The van der Waals surface area contributed by atoms with Crippen LogP contribution >= 0.6 is 11.6 Å². The van der Waals surface area contributed by atoms with Crippen LogP contribution in [0.3, 0.4) is 0 Å². The van der Waals surface area contributed by atoms with Gasteiger partial charge >= 0.3 is 182 Å². The second-order valence-electron chi connectivity index (χ2n) is 10.4. The number of hydrogen-bond donors (Lipinski definition) is 1. The maximum atomic E-state index is 7.16. The van der Waals surface area contributed by atoms with Gasteiger partial charge in [-0.3, -0.25) is 0 Å². The van der Waals surface area contributed by atoms with Gasteiger partial charge in [-0.05, 0) is 0 Å². The van der Waals surface area contributed by atoms with Gasteiger partial charge in [0.15, 0.2) is 0 Å². The van der Waals surface area contributed by atoms with Gasteiger partial charge in [-0.15, -0.1) is 0 Å². The number of halogens is 1. The molecule has 0 unspecified atom stereocenters. The number of rotatable bonds is 1. The molecule has 0 saturated carbocycles. The molecule has 0 heterocycles. The Morgan fingerprint density at radius 1 is 0.741 bits per heavy atom. The predicted octanol–water partition coefficient (Wildman–Crippen LogP) is 6.65. The van der Waals surface area contributed by atoms with Crippen molar-refractivity contribution < 1.29 is 19.2 Å². The van der Waals surface area contributed by atoms with Gasteiger partial charge in [-0.2, -0.15) is 0 Å². The van der Waals surface area contributed by atoms with Crippen LogP contribution in [0.4, 0.5) is 5.69 Å². The first kappa shape index (κ1) is 22.5. The van der Waals surface area contributed by atoms with Crippen molar-refractivity contribution in [2.24, 2.45) is 0 Å². The summed E-state index contributed by atoms with van der Waals surface area (Å²) in [5, 5.41) is 0.806. The van der Waals surface area contributed by atoms with Gasteiger partial charge in [0.2, 0.25) is 0 Å². The van der Waals surface area contributed by atoms with Crippen LogP contribution < -0.4 is 9.77 Å². The molecule has 151 valence electrons. The van der Waals surface area contributed by atoms with Gasteiger partial charge < -0.3 is 0 Å². The van der Waals surface area contributed by atoms with Gasteiger partial charge in [0, 0.05) is 0 Å². The average molecular weight is 477 g/mol. The van der Waals surface area contributed by atoms with E-state index in [2.05, 4.69) is 87.6 Å². The molecular formula is C24H33ClNPd. The van der Waals surface area contributed by atoms with Crippen molar-refractivity contribution in [2.45, 2.75) is 78.6 Å². The Labute approximate surface area is 181 Å². The first-order valence-corrected chi connectivity index (χ1v) is 10.6. The van der Waals surface area contributed by atoms with E-state index in [1.165, 1.54) is 16.7 Å². The standard InChI is InChI=1S/C24H33ClN.Pd/c1-22(2,3)17-14-16(15-12-10-11-13-18(15)26)21(25)20(24(7,8)9)19(17)23(4,5)6;/h10-13H,26H2,1-9H3;. The minimum atomic E-state index is -0.0944. The zero-order chi connectivity index (χ0) is 20.9. The van der Waals surface area contributed by atoms with Crippen molar-refractivity contribution in [3.05, 3.63) is 46.0 Å². The normalized spacial score (nSPS) is 13.2. The van der Waals surface area contributed by atoms with Gasteiger partial charge in [0.25, 0.3) is 0 Å². The fourth-order valence-corrected chi connectivity index (χ4v) is 5.63. The molecule has 0 bridgehead atoms. The fraction of sp³-hybridized carbons (Fsp3) is 0.500. The molecule has 0 radical (unpaired) electrons. The third kappa shape index (κ3) is 4.29. The first-order chi connectivity index (χ1) is 12.1. The number of nitrogens with two attached hydrogens (primary N) is 1. The second-order valence-corrected chi connectivity index (χ2v) is 11.6. The van der Waals surface area contributed by atoms with Crippen molar-refractivity contribution in [3.8, 4) is 11.1 Å².